The Morgan fingerprint density at radius 2 is 2.24 bits per heavy atom. The van der Waals surface area contributed by atoms with Crippen molar-refractivity contribution in [3.63, 3.8) is 0 Å². The largest absolute Gasteiger partial charge is 0.349 e. The zero-order chi connectivity index (χ0) is 14.8. The number of rotatable bonds is 5. The number of hydrogen-bond acceptors (Lipinski definition) is 5. The fraction of sp³-hybridized carbons (Fsp3) is 0.462. The zero-order valence-electron chi connectivity index (χ0n) is 11.7. The Hall–Kier alpha value is -2.51. The lowest BCUT2D eigenvalue weighted by molar-refractivity contribution is 0.0946. The molecule has 0 aliphatic heterocycles. The number of nitrogens with one attached hydrogen (secondary N) is 1. The van der Waals surface area contributed by atoms with Crippen LogP contribution in [0.1, 0.15) is 34.9 Å². The summed E-state index contributed by atoms with van der Waals surface area (Å²) in [5.41, 5.74) is 1.05. The molecule has 8 nitrogen and oxygen atoms in total. The van der Waals surface area contributed by atoms with E-state index in [9.17, 15) is 9.59 Å². The third-order valence-corrected chi connectivity index (χ3v) is 3.33. The molecule has 1 fully saturated rings. The first-order valence-corrected chi connectivity index (χ1v) is 6.86. The number of amides is 1. The molecule has 1 aliphatic rings. The summed E-state index contributed by atoms with van der Waals surface area (Å²) in [6, 6.07) is 3.32. The number of hydrogen-bond donors (Lipinski definition) is 1. The van der Waals surface area contributed by atoms with Crippen molar-refractivity contribution in [1.82, 2.24) is 30.1 Å². The van der Waals surface area contributed by atoms with E-state index in [1.54, 1.807) is 13.1 Å². The molecule has 0 unspecified atom stereocenters. The topological polar surface area (TPSA) is 94.7 Å². The molecule has 0 atom stereocenters. The molecule has 0 aromatic carbocycles. The van der Waals surface area contributed by atoms with Gasteiger partial charge in [0, 0.05) is 25.6 Å². The van der Waals surface area contributed by atoms with Crippen molar-refractivity contribution in [2.24, 2.45) is 7.05 Å². The molecule has 2 aromatic heterocycles. The lowest BCUT2D eigenvalue weighted by Crippen LogP contribution is -2.32. The minimum absolute atomic E-state index is 0.159. The van der Waals surface area contributed by atoms with Gasteiger partial charge in [-0.05, 0) is 18.9 Å². The Morgan fingerprint density at radius 1 is 1.43 bits per heavy atom. The van der Waals surface area contributed by atoms with E-state index in [0.29, 0.717) is 19.0 Å². The van der Waals surface area contributed by atoms with Gasteiger partial charge in [0.25, 0.3) is 11.5 Å². The molecular weight excluding hydrogens is 272 g/mol. The van der Waals surface area contributed by atoms with Gasteiger partial charge >= 0.3 is 0 Å². The maximum Gasteiger partial charge on any atom is 0.273 e. The van der Waals surface area contributed by atoms with Gasteiger partial charge < -0.3 is 5.32 Å². The van der Waals surface area contributed by atoms with Crippen molar-refractivity contribution in [2.75, 3.05) is 6.54 Å². The Balaban J connectivity index is 1.59. The summed E-state index contributed by atoms with van der Waals surface area (Å²) in [5.74, 6) is 0.181. The predicted molar refractivity (Wildman–Crippen MR) is 73.8 cm³/mol. The first-order valence-electron chi connectivity index (χ1n) is 6.86. The zero-order valence-corrected chi connectivity index (χ0v) is 11.7. The molecule has 3 rings (SSSR count). The minimum Gasteiger partial charge on any atom is -0.349 e. The normalized spacial score (nSPS) is 14.1. The van der Waals surface area contributed by atoms with Crippen LogP contribution in [0, 0.1) is 0 Å². The summed E-state index contributed by atoms with van der Waals surface area (Å²) in [6.07, 6.45) is 3.80. The van der Waals surface area contributed by atoms with Gasteiger partial charge in [0.2, 0.25) is 0 Å². The van der Waals surface area contributed by atoms with E-state index in [1.807, 2.05) is 0 Å². The average Bonchev–Trinajstić information content (AvgIpc) is 3.22. The van der Waals surface area contributed by atoms with Gasteiger partial charge in [-0.2, -0.15) is 5.10 Å². The Labute approximate surface area is 120 Å². The van der Waals surface area contributed by atoms with E-state index >= 15 is 0 Å². The van der Waals surface area contributed by atoms with Crippen LogP contribution in [-0.2, 0) is 13.6 Å². The molecule has 8 heteroatoms. The van der Waals surface area contributed by atoms with E-state index in [4.69, 9.17) is 0 Å². The van der Waals surface area contributed by atoms with E-state index in [1.165, 1.54) is 21.6 Å². The van der Waals surface area contributed by atoms with Crippen LogP contribution < -0.4 is 10.9 Å². The first kappa shape index (κ1) is 13.5. The smallest absolute Gasteiger partial charge is 0.273 e. The number of carbonyl (C=O) groups excluding carboxylic acids is 1. The maximum atomic E-state index is 11.8. The summed E-state index contributed by atoms with van der Waals surface area (Å²) in [4.78, 5) is 23.5. The van der Waals surface area contributed by atoms with Crippen LogP contribution in [-0.4, -0.2) is 37.2 Å². The fourth-order valence-electron chi connectivity index (χ4n) is 2.04. The van der Waals surface area contributed by atoms with Crippen LogP contribution in [0.3, 0.4) is 0 Å². The molecule has 0 saturated heterocycles. The molecule has 1 aliphatic carbocycles. The van der Waals surface area contributed by atoms with Gasteiger partial charge in [0.1, 0.15) is 0 Å². The summed E-state index contributed by atoms with van der Waals surface area (Å²) in [7, 11) is 1.69. The highest BCUT2D eigenvalue weighted by Crippen LogP contribution is 2.38. The van der Waals surface area contributed by atoms with Gasteiger partial charge in [-0.25, -0.2) is 4.68 Å². The number of aromatic nitrogens is 5. The second kappa shape index (κ2) is 5.47. The lowest BCUT2D eigenvalue weighted by atomic mass is 10.3. The van der Waals surface area contributed by atoms with Gasteiger partial charge in [0.15, 0.2) is 5.69 Å². The molecule has 0 bridgehead atoms. The van der Waals surface area contributed by atoms with E-state index in [0.717, 1.165) is 18.5 Å². The van der Waals surface area contributed by atoms with Crippen LogP contribution in [0.5, 0.6) is 0 Å². The number of nitrogens with zero attached hydrogens (tertiary/aromatic N) is 5. The third-order valence-electron chi connectivity index (χ3n) is 3.33. The van der Waals surface area contributed by atoms with Crippen molar-refractivity contribution in [3.05, 3.63) is 40.1 Å². The molecular formula is C13H16N6O2. The molecule has 0 spiro atoms. The van der Waals surface area contributed by atoms with Crippen LogP contribution in [0.4, 0.5) is 0 Å². The summed E-state index contributed by atoms with van der Waals surface area (Å²) < 4.78 is 2.85. The Morgan fingerprint density at radius 3 is 2.90 bits per heavy atom. The van der Waals surface area contributed by atoms with E-state index in [2.05, 4.69) is 20.7 Å². The van der Waals surface area contributed by atoms with Crippen LogP contribution in [0.15, 0.2) is 23.1 Å². The molecule has 1 amide bonds. The summed E-state index contributed by atoms with van der Waals surface area (Å²) >= 11 is 0. The molecule has 21 heavy (non-hydrogen) atoms. The fourth-order valence-corrected chi connectivity index (χ4v) is 2.04. The Kier molecular flexibility index (Phi) is 3.51. The van der Waals surface area contributed by atoms with Crippen molar-refractivity contribution >= 4 is 5.91 Å². The van der Waals surface area contributed by atoms with E-state index < -0.39 is 0 Å². The van der Waals surface area contributed by atoms with Crippen LogP contribution >= 0.6 is 0 Å². The second-order valence-corrected chi connectivity index (χ2v) is 5.13. The van der Waals surface area contributed by atoms with E-state index in [-0.39, 0.29) is 17.2 Å². The van der Waals surface area contributed by atoms with Gasteiger partial charge in [-0.1, -0.05) is 5.21 Å². The van der Waals surface area contributed by atoms with Gasteiger partial charge in [0.05, 0.1) is 18.4 Å². The van der Waals surface area contributed by atoms with Crippen molar-refractivity contribution in [3.8, 4) is 0 Å². The average molecular weight is 288 g/mol. The van der Waals surface area contributed by atoms with Gasteiger partial charge in [-0.3, -0.25) is 14.3 Å². The molecule has 2 heterocycles. The molecule has 0 radical (unpaired) electrons. The maximum absolute atomic E-state index is 11.8. The molecule has 1 saturated carbocycles. The van der Waals surface area contributed by atoms with Crippen molar-refractivity contribution in [1.29, 1.82) is 0 Å². The standard InChI is InChI=1S/C13H16N6O2/c1-18-8-11(15-17-18)13(21)14-6-7-19-12(20)5-4-10(16-19)9-2-3-9/h4-5,8-9H,2-3,6-7H2,1H3,(H,14,21). The third kappa shape index (κ3) is 3.15. The minimum atomic E-state index is -0.311. The molecule has 1 N–H and O–H groups in total. The second-order valence-electron chi connectivity index (χ2n) is 5.13. The number of carbonyl (C=O) groups is 1. The van der Waals surface area contributed by atoms with Crippen molar-refractivity contribution < 1.29 is 4.79 Å². The molecule has 110 valence electrons. The Bertz CT molecular complexity index is 715. The quantitative estimate of drug-likeness (QED) is 0.813. The highest BCUT2D eigenvalue weighted by molar-refractivity contribution is 5.91. The highest BCUT2D eigenvalue weighted by Gasteiger charge is 2.25. The monoisotopic (exact) mass is 288 g/mol. The predicted octanol–water partition coefficient (Wildman–Crippen LogP) is -0.321. The first-order chi connectivity index (χ1) is 10.1. The summed E-state index contributed by atoms with van der Waals surface area (Å²) in [6.45, 7) is 0.655. The van der Waals surface area contributed by atoms with Gasteiger partial charge in [-0.15, -0.1) is 5.10 Å². The van der Waals surface area contributed by atoms with Crippen LogP contribution in [0.2, 0.25) is 0 Å². The van der Waals surface area contributed by atoms with Crippen LogP contribution in [0.25, 0.3) is 0 Å². The highest BCUT2D eigenvalue weighted by atomic mass is 16.2. The summed E-state index contributed by atoms with van der Waals surface area (Å²) in [5, 5.41) is 14.4. The number of aryl methyl sites for hydroxylation is 1. The van der Waals surface area contributed by atoms with Crippen molar-refractivity contribution in [2.45, 2.75) is 25.3 Å². The lowest BCUT2D eigenvalue weighted by Gasteiger charge is -2.07. The SMILES string of the molecule is Cn1cc(C(=O)NCCn2nc(C3CC3)ccc2=O)nn1. The molecule has 2 aromatic rings.